The highest BCUT2D eigenvalue weighted by Crippen LogP contribution is 2.28. The Hall–Kier alpha value is -1.36. The lowest BCUT2D eigenvalue weighted by molar-refractivity contribution is -0.138. The summed E-state index contributed by atoms with van der Waals surface area (Å²) >= 11 is 1.64. The number of carbonyl (C=O) groups is 2. The Morgan fingerprint density at radius 1 is 0.879 bits per heavy atom. The number of rotatable bonds is 18. The van der Waals surface area contributed by atoms with Crippen LogP contribution in [0, 0.1) is 0 Å². The minimum atomic E-state index is -0.318. The van der Waals surface area contributed by atoms with E-state index in [4.69, 9.17) is 5.73 Å². The van der Waals surface area contributed by atoms with Gasteiger partial charge in [0.2, 0.25) is 0 Å². The van der Waals surface area contributed by atoms with E-state index in [1.54, 1.807) is 11.3 Å². The van der Waals surface area contributed by atoms with Crippen LogP contribution in [-0.2, 0) is 16.0 Å². The molecule has 1 heterocycles. The molecule has 33 heavy (non-hydrogen) atoms. The SMILES string of the molecule is CC(C)(C)OC=O.CCCCCCCCCCCC(=O)c1sc(CCCCCCC)cc1N. The molecule has 0 spiro atoms. The highest BCUT2D eigenvalue weighted by atomic mass is 32.1. The Kier molecular flexibility index (Phi) is 19.2. The summed E-state index contributed by atoms with van der Waals surface area (Å²) in [6.45, 7) is 10.4. The van der Waals surface area contributed by atoms with Crippen LogP contribution in [0.4, 0.5) is 5.69 Å². The number of ketones is 1. The molecule has 0 unspecified atom stereocenters. The third kappa shape index (κ3) is 18.7. The first-order valence-corrected chi connectivity index (χ1v) is 14.1. The molecule has 1 rings (SSSR count). The summed E-state index contributed by atoms with van der Waals surface area (Å²) in [5.41, 5.74) is 6.48. The molecule has 0 bridgehead atoms. The Morgan fingerprint density at radius 2 is 1.36 bits per heavy atom. The van der Waals surface area contributed by atoms with Gasteiger partial charge in [0.25, 0.3) is 6.47 Å². The van der Waals surface area contributed by atoms with Gasteiger partial charge >= 0.3 is 0 Å². The largest absolute Gasteiger partial charge is 0.462 e. The highest BCUT2D eigenvalue weighted by molar-refractivity contribution is 7.14. The average Bonchev–Trinajstić information content (AvgIpc) is 3.12. The van der Waals surface area contributed by atoms with Crippen LogP contribution in [0.2, 0.25) is 0 Å². The topological polar surface area (TPSA) is 69.4 Å². The van der Waals surface area contributed by atoms with Crippen LogP contribution in [0.1, 0.15) is 145 Å². The van der Waals surface area contributed by atoms with Crippen LogP contribution >= 0.6 is 11.3 Å². The molecule has 0 aliphatic carbocycles. The lowest BCUT2D eigenvalue weighted by Gasteiger charge is -2.14. The van der Waals surface area contributed by atoms with E-state index < -0.39 is 0 Å². The van der Waals surface area contributed by atoms with E-state index >= 15 is 0 Å². The Balaban J connectivity index is 0.00000126. The van der Waals surface area contributed by atoms with Gasteiger partial charge in [0.1, 0.15) is 5.60 Å². The van der Waals surface area contributed by atoms with Crippen LogP contribution in [0.3, 0.4) is 0 Å². The van der Waals surface area contributed by atoms with Crippen molar-refractivity contribution in [2.75, 3.05) is 5.73 Å². The van der Waals surface area contributed by atoms with E-state index in [9.17, 15) is 9.59 Å². The van der Waals surface area contributed by atoms with Gasteiger partial charge in [-0.1, -0.05) is 90.9 Å². The predicted octanol–water partition coefficient (Wildman–Crippen LogP) is 8.90. The normalized spacial score (nSPS) is 11.1. The molecule has 0 aromatic carbocycles. The van der Waals surface area contributed by atoms with E-state index in [1.807, 2.05) is 26.8 Å². The Labute approximate surface area is 208 Å². The van der Waals surface area contributed by atoms with Gasteiger partial charge in [0.05, 0.1) is 10.6 Å². The van der Waals surface area contributed by atoms with Crippen molar-refractivity contribution in [1.82, 2.24) is 0 Å². The number of nitrogen functional groups attached to an aromatic ring is 1. The molecule has 0 atom stereocenters. The first-order valence-electron chi connectivity index (χ1n) is 13.3. The molecule has 1 aromatic heterocycles. The van der Waals surface area contributed by atoms with E-state index in [0.717, 1.165) is 17.7 Å². The van der Waals surface area contributed by atoms with Crippen molar-refractivity contribution in [3.05, 3.63) is 15.8 Å². The van der Waals surface area contributed by atoms with Gasteiger partial charge in [-0.3, -0.25) is 9.59 Å². The zero-order valence-corrected chi connectivity index (χ0v) is 23.0. The van der Waals surface area contributed by atoms with E-state index in [0.29, 0.717) is 18.6 Å². The predicted molar refractivity (Wildman–Crippen MR) is 144 cm³/mol. The summed E-state index contributed by atoms with van der Waals surface area (Å²) in [5.74, 6) is 0.257. The zero-order chi connectivity index (χ0) is 25.0. The lowest BCUT2D eigenvalue weighted by Crippen LogP contribution is -2.17. The Morgan fingerprint density at radius 3 is 1.82 bits per heavy atom. The van der Waals surface area contributed by atoms with Crippen molar-refractivity contribution < 1.29 is 14.3 Å². The molecule has 2 N–H and O–H groups in total. The minimum absolute atomic E-state index is 0.257. The molecule has 1 aromatic rings. The summed E-state index contributed by atoms with van der Waals surface area (Å²) in [7, 11) is 0. The van der Waals surface area contributed by atoms with Crippen LogP contribution in [-0.4, -0.2) is 17.9 Å². The number of hydrogen-bond donors (Lipinski definition) is 1. The average molecular weight is 482 g/mol. The number of Topliss-reactive ketones (excluding diaryl/α,β-unsaturated/α-hetero) is 1. The molecule has 0 saturated heterocycles. The summed E-state index contributed by atoms with van der Waals surface area (Å²) in [6, 6.07) is 2.04. The second kappa shape index (κ2) is 20.1. The van der Waals surface area contributed by atoms with Gasteiger partial charge in [-0.2, -0.15) is 0 Å². The molecule has 5 heteroatoms. The van der Waals surface area contributed by atoms with Gasteiger partial charge in [-0.15, -0.1) is 11.3 Å². The van der Waals surface area contributed by atoms with Crippen molar-refractivity contribution in [2.45, 2.75) is 143 Å². The molecular formula is C28H51NO3S. The fourth-order valence-electron chi connectivity index (χ4n) is 3.56. The van der Waals surface area contributed by atoms with Crippen molar-refractivity contribution in [1.29, 1.82) is 0 Å². The summed E-state index contributed by atoms with van der Waals surface area (Å²) in [4.78, 5) is 24.1. The van der Waals surface area contributed by atoms with Gasteiger partial charge in [-0.05, 0) is 46.1 Å². The number of carbonyl (C=O) groups excluding carboxylic acids is 2. The van der Waals surface area contributed by atoms with E-state index in [2.05, 4.69) is 18.6 Å². The molecule has 0 aliphatic rings. The number of aryl methyl sites for hydroxylation is 1. The van der Waals surface area contributed by atoms with Crippen LogP contribution in [0.15, 0.2) is 6.07 Å². The fraction of sp³-hybridized carbons (Fsp3) is 0.786. The molecule has 192 valence electrons. The fourth-order valence-corrected chi connectivity index (χ4v) is 4.64. The lowest BCUT2D eigenvalue weighted by atomic mass is 10.0. The highest BCUT2D eigenvalue weighted by Gasteiger charge is 2.14. The van der Waals surface area contributed by atoms with Crippen LogP contribution in [0.5, 0.6) is 0 Å². The standard InChI is InChI=1S/C23H41NOS.C5H10O2/c1-3-5-7-9-10-11-12-14-16-18-22(25)23-21(24)19-20(26-23)17-15-13-8-6-4-2;1-5(2,3)7-4-6/h19H,3-18,24H2,1-2H3;4H,1-3H3. The summed E-state index contributed by atoms with van der Waals surface area (Å²) in [5, 5.41) is 0. The number of unbranched alkanes of at least 4 members (excludes halogenated alkanes) is 12. The first kappa shape index (κ1) is 31.6. The molecule has 0 saturated carbocycles. The molecule has 0 aliphatic heterocycles. The second-order valence-corrected chi connectivity index (χ2v) is 11.1. The van der Waals surface area contributed by atoms with E-state index in [-0.39, 0.29) is 11.4 Å². The summed E-state index contributed by atoms with van der Waals surface area (Å²) < 4.78 is 4.55. The maximum Gasteiger partial charge on any atom is 0.293 e. The van der Waals surface area contributed by atoms with Crippen molar-refractivity contribution >= 4 is 29.3 Å². The number of hydrogen-bond acceptors (Lipinski definition) is 5. The van der Waals surface area contributed by atoms with Crippen molar-refractivity contribution in [3.63, 3.8) is 0 Å². The minimum Gasteiger partial charge on any atom is -0.462 e. The monoisotopic (exact) mass is 481 g/mol. The van der Waals surface area contributed by atoms with Crippen molar-refractivity contribution in [2.24, 2.45) is 0 Å². The van der Waals surface area contributed by atoms with Gasteiger partial charge in [-0.25, -0.2) is 0 Å². The van der Waals surface area contributed by atoms with Gasteiger partial charge in [0, 0.05) is 11.3 Å². The molecular weight excluding hydrogens is 430 g/mol. The number of ether oxygens (including phenoxy) is 1. The third-order valence-corrected chi connectivity index (χ3v) is 6.75. The zero-order valence-electron chi connectivity index (χ0n) is 22.2. The van der Waals surface area contributed by atoms with Crippen LogP contribution < -0.4 is 5.73 Å². The number of thiophene rings is 1. The molecule has 0 amide bonds. The maximum atomic E-state index is 12.4. The first-order chi connectivity index (χ1) is 15.7. The smallest absolute Gasteiger partial charge is 0.293 e. The molecule has 4 nitrogen and oxygen atoms in total. The molecule has 0 fully saturated rings. The third-order valence-electron chi connectivity index (χ3n) is 5.50. The van der Waals surface area contributed by atoms with E-state index in [1.165, 1.54) is 88.3 Å². The van der Waals surface area contributed by atoms with Gasteiger partial charge < -0.3 is 10.5 Å². The second-order valence-electron chi connectivity index (χ2n) is 9.99. The maximum absolute atomic E-state index is 12.4. The quantitative estimate of drug-likeness (QED) is 0.129. The van der Waals surface area contributed by atoms with Crippen molar-refractivity contribution in [3.8, 4) is 0 Å². The Bertz CT molecular complexity index is 619. The van der Waals surface area contributed by atoms with Crippen LogP contribution in [0.25, 0.3) is 0 Å². The number of nitrogens with two attached hydrogens (primary N) is 1. The molecule has 0 radical (unpaired) electrons. The number of anilines is 1. The van der Waals surface area contributed by atoms with Gasteiger partial charge in [0.15, 0.2) is 5.78 Å². The summed E-state index contributed by atoms with van der Waals surface area (Å²) in [6.07, 6.45) is 19.7.